The van der Waals surface area contributed by atoms with Crippen LogP contribution in [0.15, 0.2) is 24.3 Å². The van der Waals surface area contributed by atoms with E-state index in [1.807, 2.05) is 19.1 Å². The van der Waals surface area contributed by atoms with Gasteiger partial charge in [-0.3, -0.25) is 0 Å². The molecule has 2 atom stereocenters. The summed E-state index contributed by atoms with van der Waals surface area (Å²) in [5.74, 6) is 0.222. The Balaban J connectivity index is 2.26. The van der Waals surface area contributed by atoms with Gasteiger partial charge >= 0.3 is 0 Å². The van der Waals surface area contributed by atoms with Crippen LogP contribution in [0.2, 0.25) is 0 Å². The van der Waals surface area contributed by atoms with Gasteiger partial charge in [-0.1, -0.05) is 31.2 Å². The van der Waals surface area contributed by atoms with Gasteiger partial charge in [0.15, 0.2) is 0 Å². The summed E-state index contributed by atoms with van der Waals surface area (Å²) in [4.78, 5) is 0. The molecule has 0 amide bonds. The van der Waals surface area contributed by atoms with E-state index in [9.17, 15) is 5.11 Å². The Morgan fingerprint density at radius 1 is 1.50 bits per heavy atom. The van der Waals surface area contributed by atoms with Gasteiger partial charge < -0.3 is 9.84 Å². The standard InChI is InChI=1S/C14H20O2/c1-3-11-5-4-6-12(9-11)14(2,15)13-7-8-16-10-13/h4-6,9,13,15H,3,7-8,10H2,1-2H3. The van der Waals surface area contributed by atoms with Gasteiger partial charge in [-0.15, -0.1) is 0 Å². The quantitative estimate of drug-likeness (QED) is 0.848. The van der Waals surface area contributed by atoms with Gasteiger partial charge in [0.05, 0.1) is 12.2 Å². The zero-order chi connectivity index (χ0) is 11.6. The highest BCUT2D eigenvalue weighted by molar-refractivity contribution is 5.28. The van der Waals surface area contributed by atoms with E-state index in [1.54, 1.807) is 0 Å². The van der Waals surface area contributed by atoms with Crippen molar-refractivity contribution in [3.63, 3.8) is 0 Å². The Hall–Kier alpha value is -0.860. The fraction of sp³-hybridized carbons (Fsp3) is 0.571. The first-order valence-corrected chi connectivity index (χ1v) is 6.04. The average Bonchev–Trinajstić information content (AvgIpc) is 2.83. The molecule has 0 saturated carbocycles. The van der Waals surface area contributed by atoms with Crippen LogP contribution in [-0.2, 0) is 16.8 Å². The van der Waals surface area contributed by atoms with Crippen molar-refractivity contribution in [2.45, 2.75) is 32.3 Å². The third kappa shape index (κ3) is 2.13. The first-order valence-electron chi connectivity index (χ1n) is 6.04. The zero-order valence-electron chi connectivity index (χ0n) is 10.1. The molecule has 1 aromatic carbocycles. The molecule has 1 saturated heterocycles. The molecule has 0 aromatic heterocycles. The Bertz CT molecular complexity index is 352. The van der Waals surface area contributed by atoms with Crippen LogP contribution < -0.4 is 0 Å². The van der Waals surface area contributed by atoms with Gasteiger partial charge in [0.2, 0.25) is 0 Å². The number of aryl methyl sites for hydroxylation is 1. The summed E-state index contributed by atoms with van der Waals surface area (Å²) < 4.78 is 5.36. The molecule has 2 heteroatoms. The zero-order valence-corrected chi connectivity index (χ0v) is 10.1. The van der Waals surface area contributed by atoms with Crippen LogP contribution in [-0.4, -0.2) is 18.3 Å². The lowest BCUT2D eigenvalue weighted by molar-refractivity contribution is -0.00976. The lowest BCUT2D eigenvalue weighted by Crippen LogP contribution is -2.32. The molecule has 1 aliphatic rings. The molecule has 0 bridgehead atoms. The van der Waals surface area contributed by atoms with Crippen molar-refractivity contribution in [2.24, 2.45) is 5.92 Å². The molecule has 1 heterocycles. The minimum Gasteiger partial charge on any atom is -0.385 e. The van der Waals surface area contributed by atoms with E-state index >= 15 is 0 Å². The Kier molecular flexibility index (Phi) is 3.31. The molecule has 0 spiro atoms. The fourth-order valence-electron chi connectivity index (χ4n) is 2.32. The van der Waals surface area contributed by atoms with Crippen LogP contribution in [0, 0.1) is 5.92 Å². The number of aliphatic hydroxyl groups is 1. The van der Waals surface area contributed by atoms with E-state index in [2.05, 4.69) is 19.1 Å². The third-order valence-corrected chi connectivity index (χ3v) is 3.64. The summed E-state index contributed by atoms with van der Waals surface area (Å²) in [6.07, 6.45) is 1.95. The second-order valence-corrected chi connectivity index (χ2v) is 4.76. The number of benzene rings is 1. The van der Waals surface area contributed by atoms with E-state index in [0.29, 0.717) is 6.61 Å². The summed E-state index contributed by atoms with van der Waals surface area (Å²) >= 11 is 0. The molecule has 1 N–H and O–H groups in total. The predicted octanol–water partition coefficient (Wildman–Crippen LogP) is 2.49. The molecule has 0 radical (unpaired) electrons. The minimum atomic E-state index is -0.762. The highest BCUT2D eigenvalue weighted by atomic mass is 16.5. The molecule has 1 aromatic rings. The molecule has 16 heavy (non-hydrogen) atoms. The van der Waals surface area contributed by atoms with Crippen LogP contribution in [0.1, 0.15) is 31.4 Å². The molecule has 1 aliphatic heterocycles. The summed E-state index contributed by atoms with van der Waals surface area (Å²) in [6.45, 7) is 5.48. The summed E-state index contributed by atoms with van der Waals surface area (Å²) in [6, 6.07) is 8.25. The van der Waals surface area contributed by atoms with Gasteiger partial charge in [0.1, 0.15) is 0 Å². The maximum Gasteiger partial charge on any atom is 0.0919 e. The number of hydrogen-bond donors (Lipinski definition) is 1. The Morgan fingerprint density at radius 2 is 2.31 bits per heavy atom. The lowest BCUT2D eigenvalue weighted by Gasteiger charge is -2.30. The van der Waals surface area contributed by atoms with Gasteiger partial charge in [-0.25, -0.2) is 0 Å². The molecule has 2 rings (SSSR count). The van der Waals surface area contributed by atoms with Gasteiger partial charge in [-0.2, -0.15) is 0 Å². The third-order valence-electron chi connectivity index (χ3n) is 3.64. The largest absolute Gasteiger partial charge is 0.385 e. The average molecular weight is 220 g/mol. The van der Waals surface area contributed by atoms with E-state index in [4.69, 9.17) is 4.74 Å². The maximum absolute atomic E-state index is 10.6. The van der Waals surface area contributed by atoms with E-state index in [1.165, 1.54) is 5.56 Å². The predicted molar refractivity (Wildman–Crippen MR) is 64.3 cm³/mol. The van der Waals surface area contributed by atoms with Crippen LogP contribution >= 0.6 is 0 Å². The van der Waals surface area contributed by atoms with Gasteiger partial charge in [-0.05, 0) is 30.9 Å². The second kappa shape index (κ2) is 4.56. The number of rotatable bonds is 3. The number of hydrogen-bond acceptors (Lipinski definition) is 2. The summed E-state index contributed by atoms with van der Waals surface area (Å²) in [5.41, 5.74) is 1.53. The normalized spacial score (nSPS) is 24.3. The van der Waals surface area contributed by atoms with Crippen molar-refractivity contribution in [1.29, 1.82) is 0 Å². The highest BCUT2D eigenvalue weighted by Crippen LogP contribution is 2.34. The molecule has 1 fully saturated rings. The van der Waals surface area contributed by atoms with Gasteiger partial charge in [0.25, 0.3) is 0 Å². The Labute approximate surface area is 97.3 Å². The molecule has 2 unspecified atom stereocenters. The van der Waals surface area contributed by atoms with Crippen molar-refractivity contribution in [3.8, 4) is 0 Å². The van der Waals surface area contributed by atoms with Crippen LogP contribution in [0.5, 0.6) is 0 Å². The van der Waals surface area contributed by atoms with Gasteiger partial charge in [0, 0.05) is 12.5 Å². The van der Waals surface area contributed by atoms with E-state index < -0.39 is 5.60 Å². The first kappa shape index (κ1) is 11.6. The molecular formula is C14H20O2. The Morgan fingerprint density at radius 3 is 2.94 bits per heavy atom. The molecular weight excluding hydrogens is 200 g/mol. The van der Waals surface area contributed by atoms with Crippen LogP contribution in [0.25, 0.3) is 0 Å². The maximum atomic E-state index is 10.6. The molecule has 2 nitrogen and oxygen atoms in total. The monoisotopic (exact) mass is 220 g/mol. The summed E-state index contributed by atoms with van der Waals surface area (Å²) in [5, 5.41) is 10.6. The van der Waals surface area contributed by atoms with E-state index in [-0.39, 0.29) is 5.92 Å². The van der Waals surface area contributed by atoms with E-state index in [0.717, 1.165) is 25.0 Å². The summed E-state index contributed by atoms with van der Waals surface area (Å²) in [7, 11) is 0. The SMILES string of the molecule is CCc1cccc(C(C)(O)C2CCOC2)c1. The molecule has 0 aliphatic carbocycles. The highest BCUT2D eigenvalue weighted by Gasteiger charge is 2.36. The second-order valence-electron chi connectivity index (χ2n) is 4.76. The van der Waals surface area contributed by atoms with Crippen molar-refractivity contribution >= 4 is 0 Å². The smallest absolute Gasteiger partial charge is 0.0919 e. The fourth-order valence-corrected chi connectivity index (χ4v) is 2.32. The topological polar surface area (TPSA) is 29.5 Å². The van der Waals surface area contributed by atoms with Crippen molar-refractivity contribution < 1.29 is 9.84 Å². The van der Waals surface area contributed by atoms with Crippen molar-refractivity contribution in [3.05, 3.63) is 35.4 Å². The first-order chi connectivity index (χ1) is 7.64. The van der Waals surface area contributed by atoms with Crippen LogP contribution in [0.3, 0.4) is 0 Å². The van der Waals surface area contributed by atoms with Crippen molar-refractivity contribution in [2.75, 3.05) is 13.2 Å². The molecule has 88 valence electrons. The number of ether oxygens (including phenoxy) is 1. The lowest BCUT2D eigenvalue weighted by atomic mass is 9.82. The van der Waals surface area contributed by atoms with Crippen molar-refractivity contribution in [1.82, 2.24) is 0 Å². The van der Waals surface area contributed by atoms with Crippen LogP contribution in [0.4, 0.5) is 0 Å². The minimum absolute atomic E-state index is 0.222.